The minimum absolute atomic E-state index is 0.527. The molecule has 0 aliphatic rings. The average molecular weight is 289 g/mol. The van der Waals surface area contributed by atoms with E-state index in [-0.39, 0.29) is 0 Å². The largest absolute Gasteiger partial charge is 0.494 e. The summed E-state index contributed by atoms with van der Waals surface area (Å²) < 4.78 is 7.43. The molecular weight excluding hydrogens is 266 g/mol. The summed E-state index contributed by atoms with van der Waals surface area (Å²) in [6.07, 6.45) is 5.49. The molecule has 0 saturated carbocycles. The van der Waals surface area contributed by atoms with E-state index in [0.717, 1.165) is 30.3 Å². The number of unbranched alkanes of at least 4 members (excludes halogenated alkanes) is 3. The summed E-state index contributed by atoms with van der Waals surface area (Å²) in [6, 6.07) is 7.81. The van der Waals surface area contributed by atoms with Gasteiger partial charge in [-0.25, -0.2) is 0 Å². The molecule has 2 N–H and O–H groups in total. The molecule has 0 aliphatic heterocycles. The number of aromatic nitrogens is 4. The van der Waals surface area contributed by atoms with Crippen LogP contribution < -0.4 is 10.5 Å². The Bertz CT molecular complexity index is 523. The monoisotopic (exact) mass is 289 g/mol. The Labute approximate surface area is 125 Å². The molecule has 0 amide bonds. The van der Waals surface area contributed by atoms with Crippen LogP contribution in [0, 0.1) is 0 Å². The molecule has 0 saturated heterocycles. The molecule has 0 aliphatic carbocycles. The highest BCUT2D eigenvalue weighted by Gasteiger charge is 2.07. The smallest absolute Gasteiger partial charge is 0.157 e. The molecule has 21 heavy (non-hydrogen) atoms. The van der Waals surface area contributed by atoms with Gasteiger partial charge in [0.15, 0.2) is 5.82 Å². The lowest BCUT2D eigenvalue weighted by molar-refractivity contribution is 0.305. The fourth-order valence-electron chi connectivity index (χ4n) is 2.09. The number of hydrogen-bond acceptors (Lipinski definition) is 5. The van der Waals surface area contributed by atoms with Gasteiger partial charge in [-0.2, -0.15) is 4.68 Å². The summed E-state index contributed by atoms with van der Waals surface area (Å²) in [4.78, 5) is 0. The summed E-state index contributed by atoms with van der Waals surface area (Å²) in [5, 5.41) is 11.7. The predicted octanol–water partition coefficient (Wildman–Crippen LogP) is 2.12. The fourth-order valence-corrected chi connectivity index (χ4v) is 2.09. The van der Waals surface area contributed by atoms with Crippen molar-refractivity contribution in [2.75, 3.05) is 13.2 Å². The average Bonchev–Trinajstić information content (AvgIpc) is 2.96. The van der Waals surface area contributed by atoms with Crippen LogP contribution in [0.4, 0.5) is 0 Å². The molecule has 0 spiro atoms. The number of ether oxygens (including phenoxy) is 1. The summed E-state index contributed by atoms with van der Waals surface area (Å²) in [5.41, 5.74) is 6.47. The van der Waals surface area contributed by atoms with Crippen molar-refractivity contribution in [3.05, 3.63) is 30.1 Å². The third kappa shape index (κ3) is 4.53. The lowest BCUT2D eigenvalue weighted by Gasteiger charge is -2.08. The highest BCUT2D eigenvalue weighted by Crippen LogP contribution is 2.16. The summed E-state index contributed by atoms with van der Waals surface area (Å²) in [7, 11) is 0. The number of nitrogens with two attached hydrogens (primary N) is 1. The maximum absolute atomic E-state index is 5.72. The molecule has 114 valence electrons. The third-order valence-electron chi connectivity index (χ3n) is 3.25. The summed E-state index contributed by atoms with van der Waals surface area (Å²) in [5.74, 6) is 1.65. The predicted molar refractivity (Wildman–Crippen MR) is 81.5 cm³/mol. The van der Waals surface area contributed by atoms with Crippen LogP contribution in [0.3, 0.4) is 0 Å². The zero-order chi connectivity index (χ0) is 14.9. The summed E-state index contributed by atoms with van der Waals surface area (Å²) >= 11 is 0. The zero-order valence-corrected chi connectivity index (χ0v) is 12.5. The van der Waals surface area contributed by atoms with Crippen LogP contribution in [0.5, 0.6) is 5.75 Å². The minimum Gasteiger partial charge on any atom is -0.494 e. The van der Waals surface area contributed by atoms with Crippen LogP contribution >= 0.6 is 0 Å². The summed E-state index contributed by atoms with van der Waals surface area (Å²) in [6.45, 7) is 3.50. The lowest BCUT2D eigenvalue weighted by Crippen LogP contribution is -2.09. The van der Waals surface area contributed by atoms with E-state index in [1.165, 1.54) is 19.3 Å². The maximum atomic E-state index is 5.72. The highest BCUT2D eigenvalue weighted by molar-refractivity contribution is 5.37. The molecule has 0 radical (unpaired) electrons. The molecule has 1 heterocycles. The second-order valence-corrected chi connectivity index (χ2v) is 4.95. The van der Waals surface area contributed by atoms with E-state index >= 15 is 0 Å². The van der Waals surface area contributed by atoms with Crippen molar-refractivity contribution in [3.63, 3.8) is 0 Å². The number of hydrogen-bond donors (Lipinski definition) is 1. The van der Waals surface area contributed by atoms with Crippen molar-refractivity contribution < 1.29 is 4.74 Å². The Hall–Kier alpha value is -1.95. The number of rotatable bonds is 9. The normalized spacial score (nSPS) is 10.8. The van der Waals surface area contributed by atoms with Crippen LogP contribution in [0.15, 0.2) is 24.3 Å². The topological polar surface area (TPSA) is 78.8 Å². The van der Waals surface area contributed by atoms with Crippen molar-refractivity contribution >= 4 is 0 Å². The van der Waals surface area contributed by atoms with E-state index < -0.39 is 0 Å². The molecule has 2 aromatic rings. The maximum Gasteiger partial charge on any atom is 0.157 e. The van der Waals surface area contributed by atoms with Gasteiger partial charge in [-0.15, -0.1) is 5.10 Å². The van der Waals surface area contributed by atoms with E-state index in [1.807, 2.05) is 24.3 Å². The van der Waals surface area contributed by atoms with Crippen LogP contribution in [-0.2, 0) is 6.42 Å². The van der Waals surface area contributed by atoms with E-state index in [9.17, 15) is 0 Å². The SMILES string of the molecule is CCCCCCOc1ccc(-n2nnnc2CCN)cc1. The molecule has 0 atom stereocenters. The van der Waals surface area contributed by atoms with Crippen LogP contribution in [0.25, 0.3) is 5.69 Å². The second kappa shape index (κ2) is 8.36. The number of benzene rings is 1. The van der Waals surface area contributed by atoms with Gasteiger partial charge in [-0.3, -0.25) is 0 Å². The molecule has 6 heteroatoms. The van der Waals surface area contributed by atoms with Gasteiger partial charge in [0.05, 0.1) is 12.3 Å². The van der Waals surface area contributed by atoms with Gasteiger partial charge in [0.25, 0.3) is 0 Å². The first kappa shape index (κ1) is 15.4. The van der Waals surface area contributed by atoms with E-state index in [0.29, 0.717) is 13.0 Å². The van der Waals surface area contributed by atoms with Gasteiger partial charge >= 0.3 is 0 Å². The van der Waals surface area contributed by atoms with Gasteiger partial charge in [-0.1, -0.05) is 26.2 Å². The van der Waals surface area contributed by atoms with Gasteiger partial charge in [0.2, 0.25) is 0 Å². The Morgan fingerprint density at radius 3 is 2.67 bits per heavy atom. The zero-order valence-electron chi connectivity index (χ0n) is 12.5. The first-order chi connectivity index (χ1) is 10.3. The Kier molecular flexibility index (Phi) is 6.15. The molecule has 2 rings (SSSR count). The van der Waals surface area contributed by atoms with Crippen molar-refractivity contribution in [1.29, 1.82) is 0 Å². The van der Waals surface area contributed by atoms with E-state index in [1.54, 1.807) is 4.68 Å². The Morgan fingerprint density at radius 2 is 1.95 bits per heavy atom. The first-order valence-electron chi connectivity index (χ1n) is 7.55. The molecule has 1 aromatic carbocycles. The van der Waals surface area contributed by atoms with Gasteiger partial charge in [-0.05, 0) is 47.7 Å². The molecule has 0 bridgehead atoms. The van der Waals surface area contributed by atoms with Crippen molar-refractivity contribution in [2.45, 2.75) is 39.0 Å². The third-order valence-corrected chi connectivity index (χ3v) is 3.25. The fraction of sp³-hybridized carbons (Fsp3) is 0.533. The standard InChI is InChI=1S/C15H23N5O/c1-2-3-4-5-12-21-14-8-6-13(7-9-14)20-15(10-11-16)17-18-19-20/h6-9H,2-5,10-12,16H2,1H3. The van der Waals surface area contributed by atoms with Crippen molar-refractivity contribution in [3.8, 4) is 11.4 Å². The van der Waals surface area contributed by atoms with Gasteiger partial charge in [0, 0.05) is 6.42 Å². The van der Waals surface area contributed by atoms with E-state index in [2.05, 4.69) is 22.4 Å². The minimum atomic E-state index is 0.527. The highest BCUT2D eigenvalue weighted by atomic mass is 16.5. The molecule has 0 unspecified atom stereocenters. The second-order valence-electron chi connectivity index (χ2n) is 4.95. The molecule has 1 aromatic heterocycles. The van der Waals surface area contributed by atoms with Crippen LogP contribution in [-0.4, -0.2) is 33.4 Å². The number of nitrogens with zero attached hydrogens (tertiary/aromatic N) is 4. The van der Waals surface area contributed by atoms with Crippen molar-refractivity contribution in [1.82, 2.24) is 20.2 Å². The first-order valence-corrected chi connectivity index (χ1v) is 7.55. The van der Waals surface area contributed by atoms with Crippen LogP contribution in [0.1, 0.15) is 38.4 Å². The van der Waals surface area contributed by atoms with E-state index in [4.69, 9.17) is 10.5 Å². The molecule has 6 nitrogen and oxygen atoms in total. The molecule has 0 fully saturated rings. The van der Waals surface area contributed by atoms with Gasteiger partial charge < -0.3 is 10.5 Å². The van der Waals surface area contributed by atoms with Gasteiger partial charge in [0.1, 0.15) is 5.75 Å². The number of tetrazole rings is 1. The quantitative estimate of drug-likeness (QED) is 0.715. The van der Waals surface area contributed by atoms with Crippen molar-refractivity contribution in [2.24, 2.45) is 5.73 Å². The Balaban J connectivity index is 1.91. The Morgan fingerprint density at radius 1 is 1.14 bits per heavy atom. The lowest BCUT2D eigenvalue weighted by atomic mass is 10.2. The molecular formula is C15H23N5O. The van der Waals surface area contributed by atoms with Crippen LogP contribution in [0.2, 0.25) is 0 Å².